The first-order valence-corrected chi connectivity index (χ1v) is 7.69. The van der Waals surface area contributed by atoms with Crippen molar-refractivity contribution in [3.8, 4) is 0 Å². The van der Waals surface area contributed by atoms with Crippen molar-refractivity contribution < 1.29 is 9.53 Å². The van der Waals surface area contributed by atoms with E-state index in [-0.39, 0.29) is 5.97 Å². The van der Waals surface area contributed by atoms with Crippen molar-refractivity contribution in [2.45, 2.75) is 33.1 Å². The van der Waals surface area contributed by atoms with Gasteiger partial charge in [-0.25, -0.2) is 4.98 Å². The molecule has 1 aromatic carbocycles. The fraction of sp³-hybridized carbons (Fsp3) is 0.467. The van der Waals surface area contributed by atoms with Crippen molar-refractivity contribution in [3.63, 3.8) is 0 Å². The zero-order chi connectivity index (χ0) is 15.6. The molecule has 1 unspecified atom stereocenters. The van der Waals surface area contributed by atoms with Crippen molar-refractivity contribution in [1.82, 2.24) is 9.97 Å². The van der Waals surface area contributed by atoms with Crippen molar-refractivity contribution in [1.29, 1.82) is 0 Å². The van der Waals surface area contributed by atoms with Gasteiger partial charge in [0.05, 0.1) is 27.7 Å². The van der Waals surface area contributed by atoms with Crippen LogP contribution in [0, 0.1) is 5.92 Å². The maximum absolute atomic E-state index is 12.2. The Morgan fingerprint density at radius 2 is 2.00 bits per heavy atom. The molecule has 6 heteroatoms. The van der Waals surface area contributed by atoms with E-state index in [0.717, 1.165) is 5.52 Å². The van der Waals surface area contributed by atoms with E-state index in [1.807, 2.05) is 0 Å². The van der Waals surface area contributed by atoms with Crippen LogP contribution in [0.2, 0.25) is 10.0 Å². The second-order valence-electron chi connectivity index (χ2n) is 5.34. The molecule has 1 aromatic heterocycles. The molecule has 2 aromatic rings. The van der Waals surface area contributed by atoms with Gasteiger partial charge >= 0.3 is 5.97 Å². The zero-order valence-corrected chi connectivity index (χ0v) is 13.8. The Hall–Kier alpha value is -1.26. The fourth-order valence-corrected chi connectivity index (χ4v) is 2.54. The summed E-state index contributed by atoms with van der Waals surface area (Å²) >= 11 is 12.0. The molecule has 0 amide bonds. The second kappa shape index (κ2) is 6.67. The van der Waals surface area contributed by atoms with Crippen LogP contribution in [0.15, 0.2) is 12.1 Å². The van der Waals surface area contributed by atoms with E-state index in [9.17, 15) is 4.79 Å². The Labute approximate surface area is 133 Å². The molecule has 1 heterocycles. The predicted octanol–water partition coefficient (Wildman–Crippen LogP) is 4.56. The van der Waals surface area contributed by atoms with Crippen LogP contribution >= 0.6 is 23.2 Å². The maximum atomic E-state index is 12.2. The molecule has 0 spiro atoms. The number of aromatic nitrogens is 2. The molecular weight excluding hydrogens is 311 g/mol. The van der Waals surface area contributed by atoms with E-state index < -0.39 is 5.92 Å². The summed E-state index contributed by atoms with van der Waals surface area (Å²) in [5.41, 5.74) is 1.45. The monoisotopic (exact) mass is 328 g/mol. The van der Waals surface area contributed by atoms with Crippen LogP contribution in [0.25, 0.3) is 11.0 Å². The Balaban J connectivity index is 2.41. The largest absolute Gasteiger partial charge is 0.465 e. The van der Waals surface area contributed by atoms with Crippen LogP contribution in [-0.2, 0) is 9.53 Å². The van der Waals surface area contributed by atoms with Gasteiger partial charge < -0.3 is 9.72 Å². The fourth-order valence-electron chi connectivity index (χ4n) is 2.22. The van der Waals surface area contributed by atoms with E-state index in [0.29, 0.717) is 40.3 Å². The van der Waals surface area contributed by atoms with Gasteiger partial charge in [-0.2, -0.15) is 0 Å². The summed E-state index contributed by atoms with van der Waals surface area (Å²) in [6, 6.07) is 3.41. The Morgan fingerprint density at radius 1 is 1.33 bits per heavy atom. The minimum Gasteiger partial charge on any atom is -0.465 e. The summed E-state index contributed by atoms with van der Waals surface area (Å²) in [5, 5.41) is 0.898. The number of H-pyrrole nitrogens is 1. The van der Waals surface area contributed by atoms with Gasteiger partial charge in [-0.05, 0) is 31.4 Å². The van der Waals surface area contributed by atoms with Crippen molar-refractivity contribution >= 4 is 40.2 Å². The van der Waals surface area contributed by atoms with Crippen LogP contribution in [0.1, 0.15) is 38.9 Å². The summed E-state index contributed by atoms with van der Waals surface area (Å²) in [6.07, 6.45) is 0.667. The number of hydrogen-bond acceptors (Lipinski definition) is 3. The van der Waals surface area contributed by atoms with Crippen LogP contribution in [-0.4, -0.2) is 22.5 Å². The third kappa shape index (κ3) is 3.69. The quantitative estimate of drug-likeness (QED) is 0.818. The van der Waals surface area contributed by atoms with Gasteiger partial charge in [0.2, 0.25) is 0 Å². The number of fused-ring (bicyclic) bond motifs is 1. The van der Waals surface area contributed by atoms with Gasteiger partial charge in [0.15, 0.2) is 0 Å². The number of aromatic amines is 1. The summed E-state index contributed by atoms with van der Waals surface area (Å²) in [5.74, 6) is 0.271. The molecule has 0 radical (unpaired) electrons. The van der Waals surface area contributed by atoms with E-state index in [1.54, 1.807) is 19.1 Å². The highest BCUT2D eigenvalue weighted by atomic mass is 35.5. The van der Waals surface area contributed by atoms with E-state index in [2.05, 4.69) is 23.8 Å². The maximum Gasteiger partial charge on any atom is 0.316 e. The number of hydrogen-bond donors (Lipinski definition) is 1. The second-order valence-corrected chi connectivity index (χ2v) is 6.15. The average molecular weight is 329 g/mol. The smallest absolute Gasteiger partial charge is 0.316 e. The lowest BCUT2D eigenvalue weighted by molar-refractivity contribution is -0.145. The number of ether oxygens (including phenoxy) is 1. The first kappa shape index (κ1) is 16.1. The first-order chi connectivity index (χ1) is 9.92. The number of imidazole rings is 1. The number of carbonyl (C=O) groups is 1. The Bertz CT molecular complexity index is 613. The lowest BCUT2D eigenvalue weighted by atomic mass is 9.96. The molecule has 1 N–H and O–H groups in total. The normalized spacial score (nSPS) is 12.9. The SMILES string of the molecule is CCOC(=O)C(CC(C)C)c1nc2cc(Cl)c(Cl)cc2[nH]1. The summed E-state index contributed by atoms with van der Waals surface area (Å²) in [6.45, 7) is 6.26. The number of benzene rings is 1. The van der Waals surface area contributed by atoms with Crippen LogP contribution < -0.4 is 0 Å². The van der Waals surface area contributed by atoms with Gasteiger partial charge in [0, 0.05) is 0 Å². The van der Waals surface area contributed by atoms with Crippen LogP contribution in [0.4, 0.5) is 0 Å². The first-order valence-electron chi connectivity index (χ1n) is 6.93. The molecule has 21 heavy (non-hydrogen) atoms. The lowest BCUT2D eigenvalue weighted by Gasteiger charge is -2.15. The highest BCUT2D eigenvalue weighted by molar-refractivity contribution is 6.42. The molecule has 0 aliphatic rings. The molecular formula is C15H18Cl2N2O2. The van der Waals surface area contributed by atoms with E-state index >= 15 is 0 Å². The molecule has 0 bridgehead atoms. The van der Waals surface area contributed by atoms with Gasteiger partial charge in [-0.1, -0.05) is 37.0 Å². The minimum atomic E-state index is -0.407. The summed E-state index contributed by atoms with van der Waals surface area (Å²) < 4.78 is 5.15. The standard InChI is InChI=1S/C15H18Cl2N2O2/c1-4-21-15(20)9(5-8(2)3)14-18-12-6-10(16)11(17)7-13(12)19-14/h6-9H,4-5H2,1-3H3,(H,18,19). The number of rotatable bonds is 5. The molecule has 0 fully saturated rings. The highest BCUT2D eigenvalue weighted by Crippen LogP contribution is 2.30. The number of esters is 1. The molecule has 0 aliphatic heterocycles. The third-order valence-corrected chi connectivity index (χ3v) is 3.87. The number of halogens is 2. The van der Waals surface area contributed by atoms with Crippen LogP contribution in [0.5, 0.6) is 0 Å². The number of nitrogens with one attached hydrogen (secondary N) is 1. The zero-order valence-electron chi connectivity index (χ0n) is 12.2. The molecule has 0 saturated heterocycles. The molecule has 2 rings (SSSR count). The predicted molar refractivity (Wildman–Crippen MR) is 84.9 cm³/mol. The average Bonchev–Trinajstić information content (AvgIpc) is 2.79. The molecule has 4 nitrogen and oxygen atoms in total. The van der Waals surface area contributed by atoms with Crippen molar-refractivity contribution in [3.05, 3.63) is 28.0 Å². The highest BCUT2D eigenvalue weighted by Gasteiger charge is 2.26. The van der Waals surface area contributed by atoms with Gasteiger partial charge in [0.25, 0.3) is 0 Å². The molecule has 0 aliphatic carbocycles. The van der Waals surface area contributed by atoms with E-state index in [1.165, 1.54) is 0 Å². The molecule has 114 valence electrons. The number of carbonyl (C=O) groups excluding carboxylic acids is 1. The summed E-state index contributed by atoms with van der Waals surface area (Å²) in [4.78, 5) is 19.8. The Kier molecular flexibility index (Phi) is 5.12. The molecule has 1 atom stereocenters. The van der Waals surface area contributed by atoms with Gasteiger partial charge in [-0.15, -0.1) is 0 Å². The summed E-state index contributed by atoms with van der Waals surface area (Å²) in [7, 11) is 0. The van der Waals surface area contributed by atoms with Crippen molar-refractivity contribution in [2.24, 2.45) is 5.92 Å². The van der Waals surface area contributed by atoms with Crippen LogP contribution in [0.3, 0.4) is 0 Å². The van der Waals surface area contributed by atoms with E-state index in [4.69, 9.17) is 27.9 Å². The molecule has 0 saturated carbocycles. The topological polar surface area (TPSA) is 55.0 Å². The van der Waals surface area contributed by atoms with Gasteiger partial charge in [-0.3, -0.25) is 4.79 Å². The minimum absolute atomic E-state index is 0.262. The lowest BCUT2D eigenvalue weighted by Crippen LogP contribution is -2.19. The Morgan fingerprint density at radius 3 is 2.62 bits per heavy atom. The third-order valence-electron chi connectivity index (χ3n) is 3.15. The van der Waals surface area contributed by atoms with Crippen molar-refractivity contribution in [2.75, 3.05) is 6.61 Å². The van der Waals surface area contributed by atoms with Gasteiger partial charge in [0.1, 0.15) is 11.7 Å². The number of nitrogens with zero attached hydrogens (tertiary/aromatic N) is 1.